The number of nitrogens with zero attached hydrogens (tertiary/aromatic N) is 2. The van der Waals surface area contributed by atoms with E-state index in [9.17, 15) is 9.59 Å². The number of rotatable bonds is 3. The van der Waals surface area contributed by atoms with Crippen LogP contribution in [0.2, 0.25) is 0 Å². The van der Waals surface area contributed by atoms with E-state index in [4.69, 9.17) is 4.74 Å². The van der Waals surface area contributed by atoms with E-state index in [1.807, 2.05) is 13.0 Å². The molecule has 2 aliphatic rings. The summed E-state index contributed by atoms with van der Waals surface area (Å²) in [6, 6.07) is 10.7. The van der Waals surface area contributed by atoms with Crippen LogP contribution >= 0.6 is 0 Å². The summed E-state index contributed by atoms with van der Waals surface area (Å²) in [5, 5.41) is 0. The van der Waals surface area contributed by atoms with Crippen molar-refractivity contribution in [1.29, 1.82) is 0 Å². The maximum Gasteiger partial charge on any atom is 0.409 e. The van der Waals surface area contributed by atoms with Gasteiger partial charge in [0, 0.05) is 37.5 Å². The lowest BCUT2D eigenvalue weighted by atomic mass is 9.75. The molecule has 1 aromatic carbocycles. The summed E-state index contributed by atoms with van der Waals surface area (Å²) in [6.07, 6.45) is 2.92. The van der Waals surface area contributed by atoms with Gasteiger partial charge in [0.25, 0.3) is 0 Å². The maximum atomic E-state index is 12.6. The normalized spacial score (nSPS) is 25.1. The number of benzene rings is 1. The van der Waals surface area contributed by atoms with Crippen LogP contribution in [0.4, 0.5) is 4.79 Å². The van der Waals surface area contributed by atoms with Gasteiger partial charge in [-0.25, -0.2) is 4.79 Å². The fourth-order valence-corrected chi connectivity index (χ4v) is 4.05. The first kappa shape index (κ1) is 17.8. The molecule has 0 radical (unpaired) electrons. The molecule has 136 valence electrons. The van der Waals surface area contributed by atoms with Crippen molar-refractivity contribution in [2.75, 3.05) is 26.2 Å². The fraction of sp³-hybridized carbons (Fsp3) is 0.600. The SMILES string of the molecule is CCOC(=O)N1CCC(N2CC(C)(c3ccccc3)CCC2=O)CC1. The van der Waals surface area contributed by atoms with E-state index in [0.717, 1.165) is 25.8 Å². The van der Waals surface area contributed by atoms with E-state index in [-0.39, 0.29) is 23.5 Å². The number of likely N-dealkylation sites (tertiary alicyclic amines) is 2. The first-order chi connectivity index (χ1) is 12.0. The summed E-state index contributed by atoms with van der Waals surface area (Å²) in [5.41, 5.74) is 1.31. The molecule has 0 aromatic heterocycles. The number of ether oxygens (including phenoxy) is 1. The van der Waals surface area contributed by atoms with E-state index in [0.29, 0.717) is 26.1 Å². The summed E-state index contributed by atoms with van der Waals surface area (Å²) in [7, 11) is 0. The predicted molar refractivity (Wildman–Crippen MR) is 96.4 cm³/mol. The third-order valence-electron chi connectivity index (χ3n) is 5.63. The zero-order valence-corrected chi connectivity index (χ0v) is 15.2. The first-order valence-electron chi connectivity index (χ1n) is 9.30. The molecular weight excluding hydrogens is 316 g/mol. The third-order valence-corrected chi connectivity index (χ3v) is 5.63. The van der Waals surface area contributed by atoms with Crippen molar-refractivity contribution >= 4 is 12.0 Å². The average Bonchev–Trinajstić information content (AvgIpc) is 2.65. The Balaban J connectivity index is 1.66. The average molecular weight is 344 g/mol. The van der Waals surface area contributed by atoms with Crippen molar-refractivity contribution in [3.05, 3.63) is 35.9 Å². The molecule has 2 heterocycles. The van der Waals surface area contributed by atoms with Crippen molar-refractivity contribution in [3.8, 4) is 0 Å². The molecule has 3 rings (SSSR count). The molecule has 0 aliphatic carbocycles. The lowest BCUT2D eigenvalue weighted by Crippen LogP contribution is -2.55. The van der Waals surface area contributed by atoms with E-state index in [2.05, 4.69) is 36.1 Å². The molecule has 0 bridgehead atoms. The molecule has 1 unspecified atom stereocenters. The van der Waals surface area contributed by atoms with Crippen LogP contribution in [0.1, 0.15) is 45.1 Å². The molecule has 2 saturated heterocycles. The number of amides is 2. The van der Waals surface area contributed by atoms with Gasteiger partial charge in [0.2, 0.25) is 5.91 Å². The summed E-state index contributed by atoms with van der Waals surface area (Å²) >= 11 is 0. The maximum absolute atomic E-state index is 12.6. The van der Waals surface area contributed by atoms with Gasteiger partial charge in [0.1, 0.15) is 0 Å². The van der Waals surface area contributed by atoms with Crippen LogP contribution in [0.15, 0.2) is 30.3 Å². The lowest BCUT2D eigenvalue weighted by Gasteiger charge is -2.46. The zero-order valence-electron chi connectivity index (χ0n) is 15.2. The molecule has 1 aromatic rings. The molecule has 2 amide bonds. The van der Waals surface area contributed by atoms with Gasteiger partial charge in [0.15, 0.2) is 0 Å². The standard InChI is InChI=1S/C20H28N2O3/c1-3-25-19(24)21-13-10-17(11-14-21)22-15-20(2,12-9-18(22)23)16-7-5-4-6-8-16/h4-8,17H,3,9-15H2,1-2H3. The molecule has 2 fully saturated rings. The highest BCUT2D eigenvalue weighted by Crippen LogP contribution is 2.36. The largest absolute Gasteiger partial charge is 0.450 e. The van der Waals surface area contributed by atoms with Crippen LogP contribution in [-0.4, -0.2) is 54.1 Å². The predicted octanol–water partition coefficient (Wildman–Crippen LogP) is 3.19. The molecule has 0 saturated carbocycles. The zero-order chi connectivity index (χ0) is 17.9. The van der Waals surface area contributed by atoms with Crippen molar-refractivity contribution in [3.63, 3.8) is 0 Å². The smallest absolute Gasteiger partial charge is 0.409 e. The molecule has 5 heteroatoms. The summed E-state index contributed by atoms with van der Waals surface area (Å²) in [6.45, 7) is 6.57. The van der Waals surface area contributed by atoms with E-state index in [1.54, 1.807) is 4.90 Å². The minimum absolute atomic E-state index is 0.00739. The molecular formula is C20H28N2O3. The van der Waals surface area contributed by atoms with Crippen LogP contribution in [0.5, 0.6) is 0 Å². The highest BCUT2D eigenvalue weighted by Gasteiger charge is 2.40. The summed E-state index contributed by atoms with van der Waals surface area (Å²) < 4.78 is 5.08. The molecule has 0 spiro atoms. The molecule has 0 N–H and O–H groups in total. The van der Waals surface area contributed by atoms with E-state index >= 15 is 0 Å². The minimum Gasteiger partial charge on any atom is -0.450 e. The summed E-state index contributed by atoms with van der Waals surface area (Å²) in [5.74, 6) is 0.253. The summed E-state index contributed by atoms with van der Waals surface area (Å²) in [4.78, 5) is 28.2. The lowest BCUT2D eigenvalue weighted by molar-refractivity contribution is -0.139. The Morgan fingerprint density at radius 2 is 1.92 bits per heavy atom. The topological polar surface area (TPSA) is 49.9 Å². The Kier molecular flexibility index (Phi) is 5.30. The van der Waals surface area contributed by atoms with Crippen LogP contribution < -0.4 is 0 Å². The highest BCUT2D eigenvalue weighted by molar-refractivity contribution is 5.78. The van der Waals surface area contributed by atoms with Gasteiger partial charge in [-0.2, -0.15) is 0 Å². The number of hydrogen-bond acceptors (Lipinski definition) is 3. The highest BCUT2D eigenvalue weighted by atomic mass is 16.6. The van der Waals surface area contributed by atoms with Gasteiger partial charge in [-0.15, -0.1) is 0 Å². The fourth-order valence-electron chi connectivity index (χ4n) is 4.05. The Morgan fingerprint density at radius 1 is 1.24 bits per heavy atom. The third kappa shape index (κ3) is 3.80. The van der Waals surface area contributed by atoms with Crippen molar-refractivity contribution in [1.82, 2.24) is 9.80 Å². The molecule has 1 atom stereocenters. The van der Waals surface area contributed by atoms with Gasteiger partial charge in [-0.05, 0) is 31.7 Å². The Morgan fingerprint density at radius 3 is 2.56 bits per heavy atom. The van der Waals surface area contributed by atoms with Gasteiger partial charge in [-0.1, -0.05) is 37.3 Å². The van der Waals surface area contributed by atoms with Crippen LogP contribution in [-0.2, 0) is 14.9 Å². The number of carbonyl (C=O) groups excluding carboxylic acids is 2. The number of hydrogen-bond donors (Lipinski definition) is 0. The van der Waals surface area contributed by atoms with Gasteiger partial charge >= 0.3 is 6.09 Å². The minimum atomic E-state index is -0.236. The second kappa shape index (κ2) is 7.46. The Labute approximate surface area is 149 Å². The molecule has 2 aliphatic heterocycles. The van der Waals surface area contributed by atoms with Crippen LogP contribution in [0.3, 0.4) is 0 Å². The van der Waals surface area contributed by atoms with Crippen molar-refractivity contribution in [2.24, 2.45) is 0 Å². The number of piperidine rings is 2. The second-order valence-corrected chi connectivity index (χ2v) is 7.37. The Bertz CT molecular complexity index is 611. The quantitative estimate of drug-likeness (QED) is 0.846. The van der Waals surface area contributed by atoms with Crippen LogP contribution in [0, 0.1) is 0 Å². The van der Waals surface area contributed by atoms with Crippen LogP contribution in [0.25, 0.3) is 0 Å². The van der Waals surface area contributed by atoms with Gasteiger partial charge in [0.05, 0.1) is 6.61 Å². The van der Waals surface area contributed by atoms with Crippen molar-refractivity contribution in [2.45, 2.75) is 51.0 Å². The van der Waals surface area contributed by atoms with Gasteiger partial charge < -0.3 is 14.5 Å². The van der Waals surface area contributed by atoms with E-state index < -0.39 is 0 Å². The second-order valence-electron chi connectivity index (χ2n) is 7.37. The Hall–Kier alpha value is -2.04. The van der Waals surface area contributed by atoms with Gasteiger partial charge in [-0.3, -0.25) is 4.79 Å². The molecule has 25 heavy (non-hydrogen) atoms. The monoisotopic (exact) mass is 344 g/mol. The first-order valence-corrected chi connectivity index (χ1v) is 9.30. The van der Waals surface area contributed by atoms with Crippen molar-refractivity contribution < 1.29 is 14.3 Å². The van der Waals surface area contributed by atoms with E-state index in [1.165, 1.54) is 5.56 Å². The molecule has 5 nitrogen and oxygen atoms in total. The number of carbonyl (C=O) groups is 2.